The lowest BCUT2D eigenvalue weighted by Gasteiger charge is -2.30. The molecule has 3 heterocycles. The first kappa shape index (κ1) is 26.0. The largest absolute Gasteiger partial charge is 0.494 e. The smallest absolute Gasteiger partial charge is 0.417 e. The Bertz CT molecular complexity index is 1330. The molecule has 5 atom stereocenters. The minimum Gasteiger partial charge on any atom is -0.494 e. The number of carbonyl (C=O) groups excluding carboxylic acids is 2. The van der Waals surface area contributed by atoms with Gasteiger partial charge in [0.2, 0.25) is 11.8 Å². The summed E-state index contributed by atoms with van der Waals surface area (Å²) < 4.78 is 90.2. The maximum Gasteiger partial charge on any atom is 0.417 e. The fourth-order valence-corrected chi connectivity index (χ4v) is 5.92. The van der Waals surface area contributed by atoms with Crippen molar-refractivity contribution in [2.24, 2.45) is 17.8 Å². The molecule has 3 fully saturated rings. The zero-order valence-corrected chi connectivity index (χ0v) is 19.8. The molecule has 0 saturated carbocycles. The van der Waals surface area contributed by atoms with E-state index in [1.807, 2.05) is 0 Å². The first-order valence-corrected chi connectivity index (χ1v) is 11.7. The Hall–Kier alpha value is -3.59. The number of fused-ring (bicyclic) bond motifs is 5. The normalized spacial score (nSPS) is 28.5. The highest BCUT2D eigenvalue weighted by atomic mass is 19.4. The number of nitriles is 1. The highest BCUT2D eigenvalue weighted by Gasteiger charge is 2.70. The lowest BCUT2D eigenvalue weighted by atomic mass is 9.68. The zero-order valence-electron chi connectivity index (χ0n) is 19.8. The predicted octanol–water partition coefficient (Wildman–Crippen LogP) is 5.35. The molecule has 0 spiro atoms. The SMILES string of the molecule is CC12CC(CCOc3ccc(C(F)(F)F)cc3)C(O1)[C@H]1C(=O)N(c3ccc(C#N)c(C(F)(F)F)c3)C(=O)[C@H]12. The van der Waals surface area contributed by atoms with E-state index in [4.69, 9.17) is 14.7 Å². The fourth-order valence-electron chi connectivity index (χ4n) is 5.92. The van der Waals surface area contributed by atoms with Crippen LogP contribution in [-0.2, 0) is 26.7 Å². The van der Waals surface area contributed by atoms with Crippen molar-refractivity contribution in [3.63, 3.8) is 0 Å². The zero-order chi connectivity index (χ0) is 27.6. The van der Waals surface area contributed by atoms with Gasteiger partial charge < -0.3 is 9.47 Å². The van der Waals surface area contributed by atoms with Crippen molar-refractivity contribution in [2.45, 2.75) is 43.8 Å². The van der Waals surface area contributed by atoms with Gasteiger partial charge in [-0.2, -0.15) is 31.6 Å². The van der Waals surface area contributed by atoms with Crippen LogP contribution in [0.25, 0.3) is 0 Å². The standard InChI is InChI=1S/C26H20F6N2O4/c1-24-11-13(8-9-37-17-6-3-15(4-7-17)25(27,28)29)21(38-24)19-20(24)23(36)34(22(19)35)16-5-2-14(12-33)18(10-16)26(30,31)32/h2-7,10,13,19-21H,8-9,11H2,1H3/t13?,19-,20-,21?,24?/m0/s1. The molecule has 2 aromatic carbocycles. The molecule has 0 radical (unpaired) electrons. The number of halogens is 6. The van der Waals surface area contributed by atoms with Crippen LogP contribution < -0.4 is 9.64 Å². The van der Waals surface area contributed by atoms with Gasteiger partial charge in [0, 0.05) is 0 Å². The molecule has 38 heavy (non-hydrogen) atoms. The van der Waals surface area contributed by atoms with Crippen molar-refractivity contribution < 1.29 is 45.4 Å². The summed E-state index contributed by atoms with van der Waals surface area (Å²) in [7, 11) is 0. The molecule has 12 heteroatoms. The molecule has 2 amide bonds. The van der Waals surface area contributed by atoms with Crippen molar-refractivity contribution in [3.05, 3.63) is 59.2 Å². The number of rotatable bonds is 5. The summed E-state index contributed by atoms with van der Waals surface area (Å²) >= 11 is 0. The molecular formula is C26H20F6N2O4. The van der Waals surface area contributed by atoms with Gasteiger partial charge in [-0.3, -0.25) is 9.59 Å². The van der Waals surface area contributed by atoms with E-state index < -0.39 is 64.4 Å². The van der Waals surface area contributed by atoms with Gasteiger partial charge in [-0.05, 0) is 68.1 Å². The number of imide groups is 1. The maximum atomic E-state index is 13.5. The summed E-state index contributed by atoms with van der Waals surface area (Å²) in [4.78, 5) is 27.4. The van der Waals surface area contributed by atoms with Crippen molar-refractivity contribution in [1.82, 2.24) is 0 Å². The third-order valence-corrected chi connectivity index (χ3v) is 7.53. The molecule has 3 aliphatic heterocycles. The van der Waals surface area contributed by atoms with Gasteiger partial charge in [-0.15, -0.1) is 0 Å². The van der Waals surface area contributed by atoms with E-state index in [9.17, 15) is 35.9 Å². The van der Waals surface area contributed by atoms with Crippen LogP contribution in [-0.4, -0.2) is 30.1 Å². The number of alkyl halides is 6. The van der Waals surface area contributed by atoms with E-state index in [-0.39, 0.29) is 24.0 Å². The summed E-state index contributed by atoms with van der Waals surface area (Å²) in [5.41, 5.74) is -3.92. The number of hydrogen-bond donors (Lipinski definition) is 0. The Labute approximate surface area is 212 Å². The molecule has 2 bridgehead atoms. The molecule has 0 aromatic heterocycles. The van der Waals surface area contributed by atoms with Crippen LogP contribution in [0, 0.1) is 29.1 Å². The Morgan fingerprint density at radius 1 is 1.05 bits per heavy atom. The number of nitrogens with zero attached hydrogens (tertiary/aromatic N) is 2. The van der Waals surface area contributed by atoms with Crippen LogP contribution in [0.2, 0.25) is 0 Å². The molecule has 2 aromatic rings. The number of benzene rings is 2. The van der Waals surface area contributed by atoms with Gasteiger partial charge in [0.15, 0.2) is 0 Å². The molecule has 3 aliphatic rings. The van der Waals surface area contributed by atoms with Crippen molar-refractivity contribution in [3.8, 4) is 11.8 Å². The lowest BCUT2D eigenvalue weighted by molar-refractivity contribution is -0.138. The average molecular weight is 538 g/mol. The van der Waals surface area contributed by atoms with E-state index in [0.717, 1.165) is 29.2 Å². The second kappa shape index (κ2) is 8.73. The number of anilines is 1. The van der Waals surface area contributed by atoms with E-state index in [2.05, 4.69) is 0 Å². The molecule has 3 unspecified atom stereocenters. The number of amides is 2. The number of carbonyl (C=O) groups is 2. The second-order valence-electron chi connectivity index (χ2n) is 9.87. The predicted molar refractivity (Wildman–Crippen MR) is 119 cm³/mol. The number of hydrogen-bond acceptors (Lipinski definition) is 5. The second-order valence-corrected chi connectivity index (χ2v) is 9.87. The Morgan fingerprint density at radius 3 is 2.34 bits per heavy atom. The highest BCUT2D eigenvalue weighted by molar-refractivity contribution is 6.23. The Balaban J connectivity index is 1.31. The molecule has 0 aliphatic carbocycles. The van der Waals surface area contributed by atoms with Gasteiger partial charge >= 0.3 is 12.4 Å². The van der Waals surface area contributed by atoms with Crippen LogP contribution in [0.15, 0.2) is 42.5 Å². The van der Waals surface area contributed by atoms with Crippen molar-refractivity contribution in [2.75, 3.05) is 11.5 Å². The van der Waals surface area contributed by atoms with Gasteiger partial charge in [0.05, 0.1) is 58.6 Å². The molecular weight excluding hydrogens is 518 g/mol. The summed E-state index contributed by atoms with van der Waals surface area (Å²) in [6.45, 7) is 1.82. The van der Waals surface area contributed by atoms with Crippen molar-refractivity contribution >= 4 is 17.5 Å². The lowest BCUT2D eigenvalue weighted by Crippen LogP contribution is -2.41. The molecule has 200 valence electrons. The molecule has 0 N–H and O–H groups in total. The Morgan fingerprint density at radius 2 is 1.74 bits per heavy atom. The summed E-state index contributed by atoms with van der Waals surface area (Å²) in [5, 5.41) is 9.03. The van der Waals surface area contributed by atoms with Crippen LogP contribution in [0.4, 0.5) is 32.0 Å². The van der Waals surface area contributed by atoms with Crippen molar-refractivity contribution in [1.29, 1.82) is 5.26 Å². The van der Waals surface area contributed by atoms with Crippen LogP contribution in [0.1, 0.15) is 36.5 Å². The van der Waals surface area contributed by atoms with E-state index in [1.54, 1.807) is 6.92 Å². The van der Waals surface area contributed by atoms with Crippen LogP contribution in [0.3, 0.4) is 0 Å². The van der Waals surface area contributed by atoms with E-state index in [0.29, 0.717) is 18.9 Å². The third kappa shape index (κ3) is 4.18. The first-order chi connectivity index (χ1) is 17.7. The van der Waals surface area contributed by atoms with E-state index >= 15 is 0 Å². The van der Waals surface area contributed by atoms with Crippen LogP contribution in [0.5, 0.6) is 5.75 Å². The van der Waals surface area contributed by atoms with Gasteiger partial charge in [0.1, 0.15) is 5.75 Å². The topological polar surface area (TPSA) is 79.6 Å². The molecule has 3 saturated heterocycles. The van der Waals surface area contributed by atoms with E-state index in [1.165, 1.54) is 18.2 Å². The summed E-state index contributed by atoms with van der Waals surface area (Å²) in [6.07, 6.45) is -9.18. The minimum atomic E-state index is -4.85. The molecule has 6 nitrogen and oxygen atoms in total. The maximum absolute atomic E-state index is 13.5. The summed E-state index contributed by atoms with van der Waals surface area (Å²) in [5.74, 6) is -3.04. The van der Waals surface area contributed by atoms with Crippen LogP contribution >= 0.6 is 0 Å². The highest BCUT2D eigenvalue weighted by Crippen LogP contribution is 2.58. The molecule has 5 rings (SSSR count). The van der Waals surface area contributed by atoms with Gasteiger partial charge in [0.25, 0.3) is 0 Å². The third-order valence-electron chi connectivity index (χ3n) is 7.53. The fraction of sp³-hybridized carbons (Fsp3) is 0.423. The van der Waals surface area contributed by atoms with Gasteiger partial charge in [-0.1, -0.05) is 0 Å². The minimum absolute atomic E-state index is 0.125. The van der Waals surface area contributed by atoms with Gasteiger partial charge in [-0.25, -0.2) is 4.90 Å². The Kier molecular flexibility index (Phi) is 5.98. The monoisotopic (exact) mass is 538 g/mol. The average Bonchev–Trinajstić information content (AvgIpc) is 3.43. The first-order valence-electron chi connectivity index (χ1n) is 11.7. The quantitative estimate of drug-likeness (QED) is 0.379. The number of ether oxygens (including phenoxy) is 2. The summed E-state index contributed by atoms with van der Waals surface area (Å²) in [6, 6.07) is 8.42.